The van der Waals surface area contributed by atoms with Crippen LogP contribution in [-0.4, -0.2) is 104 Å². The number of nitriles is 1. The van der Waals surface area contributed by atoms with Crippen molar-refractivity contribution < 1.29 is 16.8 Å². The van der Waals surface area contributed by atoms with Gasteiger partial charge in [0.2, 0.25) is 0 Å². The summed E-state index contributed by atoms with van der Waals surface area (Å²) in [5, 5.41) is 8.96. The Balaban J connectivity index is 0.000000776. The molecule has 776 valence electrons. The fourth-order valence-corrected chi connectivity index (χ4v) is 14.3. The lowest BCUT2D eigenvalue weighted by atomic mass is 9.83. The van der Waals surface area contributed by atoms with Gasteiger partial charge in [-0.25, -0.2) is 56.7 Å². The van der Waals surface area contributed by atoms with Crippen molar-refractivity contribution in [3.8, 4) is 6.07 Å². The second kappa shape index (κ2) is 54.1. The highest BCUT2D eigenvalue weighted by Gasteiger charge is 2.27. The number of hydrogen-bond donors (Lipinski definition) is 0. The summed E-state index contributed by atoms with van der Waals surface area (Å²) >= 11 is 0. The third kappa shape index (κ3) is 50.8. The molecule has 0 radical (unpaired) electrons. The summed E-state index contributed by atoms with van der Waals surface area (Å²) in [4.78, 5) is 64.8. The van der Waals surface area contributed by atoms with E-state index in [4.69, 9.17) is 5.26 Å². The van der Waals surface area contributed by atoms with Crippen molar-refractivity contribution in [2.45, 2.75) is 407 Å². The van der Waals surface area contributed by atoms with E-state index in [2.05, 4.69) is 352 Å². The maximum absolute atomic E-state index is 11.7. The van der Waals surface area contributed by atoms with Gasteiger partial charge in [-0.05, 0) is 208 Å². The molecule has 12 aromatic rings. The maximum Gasteiger partial charge on any atom is 0.175 e. The molecule has 142 heavy (non-hydrogen) atoms. The molecule has 0 unspecified atom stereocenters. The Morgan fingerprint density at radius 2 is 0.387 bits per heavy atom. The highest BCUT2D eigenvalue weighted by atomic mass is 32.2. The molecule has 9 heterocycles. The van der Waals surface area contributed by atoms with Gasteiger partial charge >= 0.3 is 0 Å². The molecule has 0 saturated carbocycles. The van der Waals surface area contributed by atoms with E-state index in [1.807, 2.05) is 221 Å². The van der Waals surface area contributed by atoms with Crippen LogP contribution in [0.3, 0.4) is 0 Å². The summed E-state index contributed by atoms with van der Waals surface area (Å²) in [6.07, 6.45) is 30.4. The minimum atomic E-state index is -3.14. The van der Waals surface area contributed by atoms with E-state index in [9.17, 15) is 16.8 Å². The smallest absolute Gasteiger partial charge is 0.175 e. The number of rotatable bonds is 2. The predicted octanol–water partition coefficient (Wildman–Crippen LogP) is 29.1. The summed E-state index contributed by atoms with van der Waals surface area (Å²) in [7, 11) is -6.28. The summed E-state index contributed by atoms with van der Waals surface area (Å²) in [6, 6.07) is 32.1. The zero-order chi connectivity index (χ0) is 110. The number of sulfone groups is 2. The van der Waals surface area contributed by atoms with Gasteiger partial charge in [-0.3, -0.25) is 34.9 Å². The molecule has 0 spiro atoms. The Hall–Kier alpha value is -11.0. The van der Waals surface area contributed by atoms with Crippen LogP contribution in [-0.2, 0) is 84.7 Å². The maximum atomic E-state index is 11.7. The van der Waals surface area contributed by atoms with E-state index in [1.54, 1.807) is 24.5 Å². The first kappa shape index (κ1) is 129. The predicted molar refractivity (Wildman–Crippen MR) is 596 cm³/mol. The van der Waals surface area contributed by atoms with Crippen LogP contribution < -0.4 is 0 Å². The van der Waals surface area contributed by atoms with Gasteiger partial charge in [-0.15, -0.1) is 0 Å². The molecule has 0 aliphatic rings. The number of hydrogen-bond acceptors (Lipinski definition) is 20. The van der Waals surface area contributed by atoms with Crippen molar-refractivity contribution >= 4 is 19.7 Å². The van der Waals surface area contributed by atoms with Crippen LogP contribution in [0.1, 0.15) is 390 Å². The lowest BCUT2D eigenvalue weighted by Crippen LogP contribution is -2.16. The highest BCUT2D eigenvalue weighted by Crippen LogP contribution is 2.33. The molecule has 3 aromatic carbocycles. The SMILES string of the molecule is Cc1ccc(C(C)(C)C)c(C#N)c1.Cc1ccc(C(C)(C)C)c(S(C)(=O)=O)c1.Cc1ccc(C(C)(C)C)c(S(C)(=O)=O)c1.Cc1ccc(C(C)(C)C)nc1.Cc1ccc(C(C)(C)C)nc1.Cc1ccc(C(C)(C)C)nc1.Cc1cnc(C(C)(C)C)cn1.Cc1cnc(C(C)(C)C)cn1.Cc1cnc(C(C)(C)C)nc1.Cc1cnc(C(C)(C)C)nc1.Cc1cnc(C(C)(C)C)nc1.Cc1cnc(C(C)(C)C)nc1. The van der Waals surface area contributed by atoms with Crippen molar-refractivity contribution in [3.05, 3.63) is 325 Å². The zero-order valence-electron chi connectivity index (χ0n) is 96.9. The molecule has 22 heteroatoms. The molecule has 0 aliphatic carbocycles. The molecule has 9 aromatic heterocycles. The number of nitrogens with zero attached hydrogens (tertiary/aromatic N) is 16. The van der Waals surface area contributed by atoms with Crippen LogP contribution in [0.5, 0.6) is 0 Å². The van der Waals surface area contributed by atoms with E-state index < -0.39 is 19.7 Å². The van der Waals surface area contributed by atoms with Crippen LogP contribution in [0.2, 0.25) is 0 Å². The van der Waals surface area contributed by atoms with Crippen molar-refractivity contribution in [1.29, 1.82) is 5.26 Å². The second-order valence-corrected chi connectivity index (χ2v) is 53.3. The summed E-state index contributed by atoms with van der Waals surface area (Å²) in [6.45, 7) is 100.0. The first-order chi connectivity index (χ1) is 64.2. The molecule has 20 nitrogen and oxygen atoms in total. The van der Waals surface area contributed by atoms with Crippen molar-refractivity contribution in [1.82, 2.24) is 74.8 Å². The van der Waals surface area contributed by atoms with Gasteiger partial charge in [-0.2, -0.15) is 5.26 Å². The third-order valence-corrected chi connectivity index (χ3v) is 23.0. The number of benzene rings is 3. The average Bonchev–Trinajstić information content (AvgIpc) is 0.785. The average molecular weight is 1980 g/mol. The fourth-order valence-electron chi connectivity index (χ4n) is 11.9. The third-order valence-electron chi connectivity index (χ3n) is 20.7. The van der Waals surface area contributed by atoms with Crippen molar-refractivity contribution in [2.75, 3.05) is 12.5 Å². The zero-order valence-corrected chi connectivity index (χ0v) is 98.6. The van der Waals surface area contributed by atoms with Gasteiger partial charge in [0.15, 0.2) is 19.7 Å². The Bertz CT molecular complexity index is 5170. The van der Waals surface area contributed by atoms with E-state index in [1.165, 1.54) is 29.2 Å². The lowest BCUT2D eigenvalue weighted by Gasteiger charge is -2.22. The van der Waals surface area contributed by atoms with Crippen molar-refractivity contribution in [2.24, 2.45) is 0 Å². The first-order valence-corrected chi connectivity index (χ1v) is 52.7. The molecule has 0 saturated heterocycles. The van der Waals surface area contributed by atoms with Gasteiger partial charge in [-0.1, -0.05) is 304 Å². The molecular formula is C120H180N16O4S2. The van der Waals surface area contributed by atoms with E-state index in [0.717, 1.165) is 124 Å². The standard InChI is InChI=1S/C12H15N.2C12H18O2S.3C10H15N.6C9H14N2/c1-9-5-6-11(12(2,3)4)10(7-9)8-13;2*1-9-6-7-10(12(2,3)4)11(8-9)15(5,13)14;3*1-8-5-6-9(11-7-8)10(2,3)4;2*1-7-5-11-8(6-10-7)9(2,3)4;4*1-7-5-10-8(11-6-7)9(2,3)4/h5-7H,1-4H3;2*6-8H,1-5H3;3*5-7H,1-4H3;6*5-6H,1-4H3. The van der Waals surface area contributed by atoms with Crippen LogP contribution in [0.25, 0.3) is 0 Å². The largest absolute Gasteiger partial charge is 0.260 e. The summed E-state index contributed by atoms with van der Waals surface area (Å²) in [5.74, 6) is 3.62. The lowest BCUT2D eigenvalue weighted by molar-refractivity contribution is 0.544. The van der Waals surface area contributed by atoms with Gasteiger partial charge in [0.05, 0.1) is 44.2 Å². The quantitative estimate of drug-likeness (QED) is 0.155. The van der Waals surface area contributed by atoms with Crippen LogP contribution in [0.15, 0.2) is 194 Å². The van der Waals surface area contributed by atoms with Gasteiger partial charge in [0, 0.05) is 171 Å². The normalized spacial score (nSPS) is 11.8. The van der Waals surface area contributed by atoms with Gasteiger partial charge in [0.25, 0.3) is 0 Å². The number of aryl methyl sites for hydroxylation is 12. The minimum absolute atomic E-state index is 0.0543. The van der Waals surface area contributed by atoms with E-state index >= 15 is 0 Å². The first-order valence-electron chi connectivity index (χ1n) is 48.9. The molecule has 0 N–H and O–H groups in total. The summed E-state index contributed by atoms with van der Waals surface area (Å²) < 4.78 is 46.6. The molecular weight excluding hydrogens is 1790 g/mol. The topological polar surface area (TPSA) is 285 Å². The fraction of sp³-hybridized carbons (Fsp3) is 0.517. The molecule has 0 fully saturated rings. The van der Waals surface area contributed by atoms with Crippen molar-refractivity contribution in [3.63, 3.8) is 0 Å². The van der Waals surface area contributed by atoms with Crippen LogP contribution in [0.4, 0.5) is 0 Å². The number of aromatic nitrogens is 15. The monoisotopic (exact) mass is 1970 g/mol. The second-order valence-electron chi connectivity index (χ2n) is 49.3. The van der Waals surface area contributed by atoms with Crippen LogP contribution in [0, 0.1) is 94.4 Å². The van der Waals surface area contributed by atoms with Gasteiger partial charge < -0.3 is 0 Å². The van der Waals surface area contributed by atoms with Gasteiger partial charge in [0.1, 0.15) is 23.3 Å². The Kier molecular flexibility index (Phi) is 49.1. The minimum Gasteiger partial charge on any atom is -0.260 e. The Labute approximate surface area is 861 Å². The van der Waals surface area contributed by atoms with E-state index in [-0.39, 0.29) is 65.0 Å². The Morgan fingerprint density at radius 1 is 0.197 bits per heavy atom. The molecule has 0 amide bonds. The molecule has 0 bridgehead atoms. The molecule has 0 atom stereocenters. The molecule has 12 rings (SSSR count). The highest BCUT2D eigenvalue weighted by molar-refractivity contribution is 7.91. The van der Waals surface area contributed by atoms with E-state index in [0.29, 0.717) is 9.79 Å². The summed E-state index contributed by atoms with van der Waals surface area (Å²) in [5.41, 5.74) is 23.1. The Morgan fingerprint density at radius 3 is 0.549 bits per heavy atom. The molecule has 0 aliphatic heterocycles. The number of pyridine rings is 3. The van der Waals surface area contributed by atoms with Crippen LogP contribution >= 0.6 is 0 Å².